The van der Waals surface area contributed by atoms with Gasteiger partial charge >= 0.3 is 27.0 Å². The van der Waals surface area contributed by atoms with Crippen molar-refractivity contribution in [1.29, 1.82) is 0 Å². The van der Waals surface area contributed by atoms with Gasteiger partial charge in [0.1, 0.15) is 12.3 Å². The van der Waals surface area contributed by atoms with E-state index in [1.165, 1.54) is 61.4 Å². The van der Waals surface area contributed by atoms with Gasteiger partial charge in [-0.3, -0.25) is 0 Å². The largest absolute Gasteiger partial charge is 0.101 e. The predicted molar refractivity (Wildman–Crippen MR) is 182 cm³/mol. The third-order valence-electron chi connectivity index (χ3n) is 7.93. The second kappa shape index (κ2) is 17.1. The molecule has 0 saturated heterocycles. The molecular formula is C36H41ClP2Ru+. The smallest absolute Gasteiger partial charge is 0.0620 e. The predicted octanol–water partition coefficient (Wildman–Crippen LogP) is 8.35. The van der Waals surface area contributed by atoms with Crippen molar-refractivity contribution in [1.82, 2.24) is 0 Å². The summed E-state index contributed by atoms with van der Waals surface area (Å²) in [4.78, 5) is 0. The van der Waals surface area contributed by atoms with Gasteiger partial charge in [-0.2, -0.15) is 27.8 Å². The molecule has 5 rings (SSSR count). The van der Waals surface area contributed by atoms with Crippen LogP contribution in [0.3, 0.4) is 0 Å². The second-order valence-corrected chi connectivity index (χ2v) is 15.3. The summed E-state index contributed by atoms with van der Waals surface area (Å²) < 4.78 is 0. The SMILES string of the molecule is Cc1c(C)c(C)[c-](C)c1C.[Cl][Ru].c1ccc([PH+](CC[PH+](c2ccccc2)c2ccccc2)c2ccccc2)cc1. The van der Waals surface area contributed by atoms with Gasteiger partial charge in [0.25, 0.3) is 0 Å². The fourth-order valence-electron chi connectivity index (χ4n) is 5.12. The van der Waals surface area contributed by atoms with Crippen molar-refractivity contribution in [3.63, 3.8) is 0 Å². The maximum atomic E-state index is 4.57. The van der Waals surface area contributed by atoms with E-state index in [9.17, 15) is 0 Å². The number of halogens is 1. The maximum Gasteiger partial charge on any atom is 0.101 e. The van der Waals surface area contributed by atoms with Crippen molar-refractivity contribution in [2.45, 2.75) is 34.6 Å². The van der Waals surface area contributed by atoms with Crippen LogP contribution in [0.4, 0.5) is 0 Å². The van der Waals surface area contributed by atoms with Crippen LogP contribution in [0.1, 0.15) is 27.8 Å². The Bertz CT molecular complexity index is 1160. The van der Waals surface area contributed by atoms with Gasteiger partial charge in [-0.25, -0.2) is 0 Å². The Kier molecular flexibility index (Phi) is 13.9. The van der Waals surface area contributed by atoms with Crippen molar-refractivity contribution in [3.05, 3.63) is 149 Å². The molecule has 0 bridgehead atoms. The van der Waals surface area contributed by atoms with Gasteiger partial charge in [0.15, 0.2) is 0 Å². The first-order valence-corrected chi connectivity index (χ1v) is 19.4. The Hall–Kier alpha value is -2.00. The molecule has 0 aliphatic carbocycles. The van der Waals surface area contributed by atoms with Crippen LogP contribution in [0.2, 0.25) is 0 Å². The quantitative estimate of drug-likeness (QED) is 0.0927. The average molecular weight is 672 g/mol. The van der Waals surface area contributed by atoms with Crippen LogP contribution < -0.4 is 21.2 Å². The van der Waals surface area contributed by atoms with Crippen molar-refractivity contribution in [2.75, 3.05) is 12.3 Å². The number of rotatable bonds is 7. The van der Waals surface area contributed by atoms with E-state index >= 15 is 0 Å². The Morgan fingerprint density at radius 1 is 0.475 bits per heavy atom. The Labute approximate surface area is 258 Å². The van der Waals surface area contributed by atoms with E-state index in [4.69, 9.17) is 0 Å². The zero-order valence-electron chi connectivity index (χ0n) is 24.2. The number of hydrogen-bond donors (Lipinski definition) is 0. The number of benzene rings is 4. The van der Waals surface area contributed by atoms with E-state index in [0.29, 0.717) is 0 Å². The summed E-state index contributed by atoms with van der Waals surface area (Å²) >= 11 is 1.82. The van der Waals surface area contributed by atoms with Crippen LogP contribution in [0, 0.1) is 34.6 Å². The molecule has 5 aromatic rings. The topological polar surface area (TPSA) is 0 Å². The van der Waals surface area contributed by atoms with Gasteiger partial charge in [0.2, 0.25) is 0 Å². The molecule has 0 nitrogen and oxygen atoms in total. The van der Waals surface area contributed by atoms with E-state index in [1.807, 2.05) is 17.3 Å². The molecule has 0 amide bonds. The summed E-state index contributed by atoms with van der Waals surface area (Å²) in [6, 6.07) is 44.5. The van der Waals surface area contributed by atoms with E-state index in [0.717, 1.165) is 0 Å². The van der Waals surface area contributed by atoms with E-state index < -0.39 is 15.8 Å². The molecule has 0 N–H and O–H groups in total. The maximum absolute atomic E-state index is 4.57. The van der Waals surface area contributed by atoms with Gasteiger partial charge in [-0.1, -0.05) is 107 Å². The summed E-state index contributed by atoms with van der Waals surface area (Å²) in [6.45, 7) is 11.0. The normalized spacial score (nSPS) is 10.5. The third-order valence-corrected chi connectivity index (χ3v) is 14.0. The van der Waals surface area contributed by atoms with E-state index in [1.54, 1.807) is 0 Å². The molecule has 5 aromatic carbocycles. The molecule has 0 unspecified atom stereocenters. The average Bonchev–Trinajstić information content (AvgIpc) is 3.19. The first kappa shape index (κ1) is 32.5. The minimum atomic E-state index is -0.783. The van der Waals surface area contributed by atoms with Crippen molar-refractivity contribution < 1.29 is 17.3 Å². The van der Waals surface area contributed by atoms with Crippen molar-refractivity contribution in [3.8, 4) is 0 Å². The molecule has 4 heteroatoms. The molecule has 40 heavy (non-hydrogen) atoms. The minimum Gasteiger partial charge on any atom is -0.0620 e. The molecule has 0 spiro atoms. The van der Waals surface area contributed by atoms with Crippen LogP contribution in [-0.4, -0.2) is 12.3 Å². The summed E-state index contributed by atoms with van der Waals surface area (Å²) in [7, 11) is 3.00. The zero-order valence-corrected chi connectivity index (χ0v) is 28.7. The molecule has 209 valence electrons. The standard InChI is InChI=1S/C26H24P2.C10H15.ClH.Ru/c1-5-13-23(14-6-1)27(24-15-7-2-8-16-24)21-22-28(25-17-9-3-10-18-25)26-19-11-4-12-20-26;1-6-7(2)9(4)10(5)8(6)3;;/h1-20H,21-22H2;1-5H3;1H;/q;-1;;+1/p+1. The van der Waals surface area contributed by atoms with E-state index in [-0.39, 0.29) is 0 Å². The fourth-order valence-corrected chi connectivity index (χ4v) is 11.3. The number of hydrogen-bond acceptors (Lipinski definition) is 0. The monoisotopic (exact) mass is 672 g/mol. The third kappa shape index (κ3) is 8.75. The van der Waals surface area contributed by atoms with Gasteiger partial charge in [0.05, 0.1) is 37.1 Å². The molecule has 0 radical (unpaired) electrons. The van der Waals surface area contributed by atoms with Crippen molar-refractivity contribution >= 4 is 46.8 Å². The molecule has 0 fully saturated rings. The summed E-state index contributed by atoms with van der Waals surface area (Å²) in [5, 5.41) is 6.06. The Balaban J connectivity index is 0.000000309. The van der Waals surface area contributed by atoms with Crippen LogP contribution in [-0.2, 0) is 17.3 Å². The fraction of sp³-hybridized carbons (Fsp3) is 0.194. The molecular weight excluding hydrogens is 631 g/mol. The summed E-state index contributed by atoms with van der Waals surface area (Å²) in [6.07, 6.45) is 2.52. The van der Waals surface area contributed by atoms with Gasteiger partial charge in [0, 0.05) is 0 Å². The summed E-state index contributed by atoms with van der Waals surface area (Å²) in [5.41, 5.74) is 7.34. The molecule has 0 aliphatic rings. The Morgan fingerprint density at radius 2 is 0.700 bits per heavy atom. The summed E-state index contributed by atoms with van der Waals surface area (Å²) in [5.74, 6) is 0. The first-order valence-electron chi connectivity index (χ1n) is 13.7. The van der Waals surface area contributed by atoms with Crippen LogP contribution in [0.5, 0.6) is 0 Å². The van der Waals surface area contributed by atoms with Gasteiger partial charge in [-0.15, -0.1) is 0 Å². The van der Waals surface area contributed by atoms with Gasteiger partial charge < -0.3 is 0 Å². The molecule has 0 atom stereocenters. The van der Waals surface area contributed by atoms with Crippen LogP contribution in [0.25, 0.3) is 0 Å². The molecule has 0 saturated carbocycles. The zero-order chi connectivity index (χ0) is 28.9. The second-order valence-electron chi connectivity index (χ2n) is 10.0. The molecule has 0 aliphatic heterocycles. The van der Waals surface area contributed by atoms with Gasteiger partial charge in [-0.05, 0) is 48.5 Å². The minimum absolute atomic E-state index is 0.783. The first-order chi connectivity index (χ1) is 19.5. The van der Waals surface area contributed by atoms with Crippen LogP contribution in [0.15, 0.2) is 121 Å². The molecule has 0 aromatic heterocycles. The molecule has 0 heterocycles. The Morgan fingerprint density at radius 3 is 0.875 bits per heavy atom. The van der Waals surface area contributed by atoms with Crippen molar-refractivity contribution in [2.24, 2.45) is 0 Å². The van der Waals surface area contributed by atoms with Crippen LogP contribution >= 0.6 is 25.5 Å². The van der Waals surface area contributed by atoms with E-state index in [2.05, 4.69) is 166 Å².